The van der Waals surface area contributed by atoms with E-state index < -0.39 is 0 Å². The van der Waals surface area contributed by atoms with Crippen molar-refractivity contribution in [1.29, 1.82) is 0 Å². The molecule has 0 radical (unpaired) electrons. The molecule has 0 spiro atoms. The number of methoxy groups -OCH3 is 1. The maximum Gasteiger partial charge on any atom is 0.213 e. The van der Waals surface area contributed by atoms with E-state index in [2.05, 4.69) is 11.9 Å². The Balaban J connectivity index is 2.91. The van der Waals surface area contributed by atoms with Gasteiger partial charge in [0.1, 0.15) is 0 Å². The van der Waals surface area contributed by atoms with E-state index in [1.165, 1.54) is 0 Å². The van der Waals surface area contributed by atoms with Gasteiger partial charge in [0.15, 0.2) is 0 Å². The minimum Gasteiger partial charge on any atom is -0.481 e. The second-order valence-corrected chi connectivity index (χ2v) is 2.64. The van der Waals surface area contributed by atoms with Crippen LogP contribution in [0.1, 0.15) is 19.0 Å². The molecule has 1 aromatic heterocycles. The van der Waals surface area contributed by atoms with Crippen molar-refractivity contribution in [3.8, 4) is 5.88 Å². The Morgan fingerprint density at radius 2 is 2.25 bits per heavy atom. The van der Waals surface area contributed by atoms with Gasteiger partial charge < -0.3 is 10.5 Å². The first-order valence-electron chi connectivity index (χ1n) is 4.07. The molecular formula is C9H14N2O. The van der Waals surface area contributed by atoms with E-state index in [0.717, 1.165) is 24.2 Å². The van der Waals surface area contributed by atoms with Crippen molar-refractivity contribution in [1.82, 2.24) is 4.98 Å². The number of hydrogen-bond acceptors (Lipinski definition) is 3. The lowest BCUT2D eigenvalue weighted by molar-refractivity contribution is 0.396. The molecule has 0 saturated carbocycles. The quantitative estimate of drug-likeness (QED) is 0.742. The second-order valence-electron chi connectivity index (χ2n) is 2.64. The van der Waals surface area contributed by atoms with Crippen LogP contribution < -0.4 is 10.5 Å². The Labute approximate surface area is 72.6 Å². The summed E-state index contributed by atoms with van der Waals surface area (Å²) in [5.41, 5.74) is 7.39. The maximum absolute atomic E-state index is 5.71. The van der Waals surface area contributed by atoms with Crippen LogP contribution in [0, 0.1) is 0 Å². The Bertz CT molecular complexity index is 261. The van der Waals surface area contributed by atoms with Crippen LogP contribution in [0.5, 0.6) is 5.88 Å². The number of nitrogens with two attached hydrogens (primary N) is 1. The third kappa shape index (κ3) is 1.87. The molecule has 0 bridgehead atoms. The molecule has 12 heavy (non-hydrogen) atoms. The van der Waals surface area contributed by atoms with E-state index in [4.69, 9.17) is 10.5 Å². The summed E-state index contributed by atoms with van der Waals surface area (Å²) in [6, 6.07) is 3.60. The topological polar surface area (TPSA) is 48.1 Å². The number of aromatic nitrogens is 1. The Hall–Kier alpha value is -1.25. The fourth-order valence-corrected chi connectivity index (χ4v) is 1.04. The summed E-state index contributed by atoms with van der Waals surface area (Å²) >= 11 is 0. The minimum atomic E-state index is 0.632. The number of rotatable bonds is 3. The van der Waals surface area contributed by atoms with Crippen molar-refractivity contribution in [3.63, 3.8) is 0 Å². The number of pyridine rings is 1. The second kappa shape index (κ2) is 3.95. The third-order valence-electron chi connectivity index (χ3n) is 1.68. The highest BCUT2D eigenvalue weighted by molar-refractivity contribution is 5.44. The predicted octanol–water partition coefficient (Wildman–Crippen LogP) is 1.62. The van der Waals surface area contributed by atoms with Gasteiger partial charge >= 0.3 is 0 Å². The maximum atomic E-state index is 5.71. The van der Waals surface area contributed by atoms with Gasteiger partial charge in [0.05, 0.1) is 18.5 Å². The SMILES string of the molecule is CCCc1nc(OC)ccc1N. The number of nitrogens with zero attached hydrogens (tertiary/aromatic N) is 1. The van der Waals surface area contributed by atoms with Gasteiger partial charge in [-0.05, 0) is 12.5 Å². The van der Waals surface area contributed by atoms with E-state index in [9.17, 15) is 0 Å². The molecule has 66 valence electrons. The summed E-state index contributed by atoms with van der Waals surface area (Å²) in [5.74, 6) is 0.632. The lowest BCUT2D eigenvalue weighted by Gasteiger charge is -2.04. The molecule has 0 unspecified atom stereocenters. The van der Waals surface area contributed by atoms with E-state index in [1.54, 1.807) is 13.2 Å². The Kier molecular flexibility index (Phi) is 2.91. The molecule has 3 heteroatoms. The van der Waals surface area contributed by atoms with E-state index >= 15 is 0 Å². The van der Waals surface area contributed by atoms with E-state index in [1.807, 2.05) is 6.07 Å². The highest BCUT2D eigenvalue weighted by Gasteiger charge is 2.01. The average molecular weight is 166 g/mol. The van der Waals surface area contributed by atoms with Crippen LogP contribution in [0.2, 0.25) is 0 Å². The average Bonchev–Trinajstić information content (AvgIpc) is 2.09. The van der Waals surface area contributed by atoms with Crippen LogP contribution in [0.15, 0.2) is 12.1 Å². The van der Waals surface area contributed by atoms with Gasteiger partial charge in [-0.2, -0.15) is 0 Å². The zero-order valence-corrected chi connectivity index (χ0v) is 7.50. The summed E-state index contributed by atoms with van der Waals surface area (Å²) in [7, 11) is 1.61. The van der Waals surface area contributed by atoms with Crippen molar-refractivity contribution in [2.24, 2.45) is 0 Å². The predicted molar refractivity (Wildman–Crippen MR) is 49.2 cm³/mol. The van der Waals surface area contributed by atoms with Gasteiger partial charge in [-0.3, -0.25) is 0 Å². The molecule has 0 aliphatic rings. The molecule has 0 atom stereocenters. The van der Waals surface area contributed by atoms with Gasteiger partial charge in [0, 0.05) is 6.07 Å². The molecule has 3 nitrogen and oxygen atoms in total. The number of nitrogen functional groups attached to an aromatic ring is 1. The minimum absolute atomic E-state index is 0.632. The molecule has 0 aliphatic heterocycles. The number of hydrogen-bond donors (Lipinski definition) is 1. The van der Waals surface area contributed by atoms with Crippen molar-refractivity contribution < 1.29 is 4.74 Å². The first-order chi connectivity index (χ1) is 5.77. The largest absolute Gasteiger partial charge is 0.481 e. The van der Waals surface area contributed by atoms with Crippen molar-refractivity contribution >= 4 is 5.69 Å². The molecule has 0 fully saturated rings. The van der Waals surface area contributed by atoms with Crippen LogP contribution in [0.25, 0.3) is 0 Å². The fraction of sp³-hybridized carbons (Fsp3) is 0.444. The van der Waals surface area contributed by atoms with Crippen LogP contribution in [-0.2, 0) is 6.42 Å². The lowest BCUT2D eigenvalue weighted by atomic mass is 10.2. The Morgan fingerprint density at radius 1 is 1.50 bits per heavy atom. The summed E-state index contributed by atoms with van der Waals surface area (Å²) in [6.45, 7) is 2.10. The van der Waals surface area contributed by atoms with Crippen molar-refractivity contribution in [3.05, 3.63) is 17.8 Å². The van der Waals surface area contributed by atoms with Gasteiger partial charge in [0.25, 0.3) is 0 Å². The molecule has 1 rings (SSSR count). The molecule has 0 aliphatic carbocycles. The first kappa shape index (κ1) is 8.84. The van der Waals surface area contributed by atoms with Gasteiger partial charge in [-0.15, -0.1) is 0 Å². The van der Waals surface area contributed by atoms with Crippen molar-refractivity contribution in [2.75, 3.05) is 12.8 Å². The number of ether oxygens (including phenoxy) is 1. The molecular weight excluding hydrogens is 152 g/mol. The smallest absolute Gasteiger partial charge is 0.213 e. The molecule has 2 N–H and O–H groups in total. The summed E-state index contributed by atoms with van der Waals surface area (Å²) in [6.07, 6.45) is 1.95. The third-order valence-corrected chi connectivity index (χ3v) is 1.68. The molecule has 0 amide bonds. The van der Waals surface area contributed by atoms with Gasteiger partial charge in [0.2, 0.25) is 5.88 Å². The first-order valence-corrected chi connectivity index (χ1v) is 4.07. The van der Waals surface area contributed by atoms with E-state index in [0.29, 0.717) is 5.88 Å². The normalized spacial score (nSPS) is 9.83. The van der Waals surface area contributed by atoms with Crippen LogP contribution in [-0.4, -0.2) is 12.1 Å². The highest BCUT2D eigenvalue weighted by Crippen LogP contribution is 2.15. The zero-order valence-electron chi connectivity index (χ0n) is 7.50. The Morgan fingerprint density at radius 3 is 2.83 bits per heavy atom. The summed E-state index contributed by atoms with van der Waals surface area (Å²) in [4.78, 5) is 4.23. The fourth-order valence-electron chi connectivity index (χ4n) is 1.04. The molecule has 0 aromatic carbocycles. The lowest BCUT2D eigenvalue weighted by Crippen LogP contribution is -1.99. The number of aryl methyl sites for hydroxylation is 1. The van der Waals surface area contributed by atoms with Crippen molar-refractivity contribution in [2.45, 2.75) is 19.8 Å². The molecule has 0 saturated heterocycles. The zero-order chi connectivity index (χ0) is 8.97. The standard InChI is InChI=1S/C9H14N2O/c1-3-4-8-7(10)5-6-9(11-8)12-2/h5-6H,3-4,10H2,1-2H3. The van der Waals surface area contributed by atoms with Crippen LogP contribution in [0.4, 0.5) is 5.69 Å². The van der Waals surface area contributed by atoms with Gasteiger partial charge in [-0.1, -0.05) is 13.3 Å². The number of anilines is 1. The van der Waals surface area contributed by atoms with Gasteiger partial charge in [-0.25, -0.2) is 4.98 Å². The van der Waals surface area contributed by atoms with Crippen LogP contribution >= 0.6 is 0 Å². The molecule has 1 heterocycles. The highest BCUT2D eigenvalue weighted by atomic mass is 16.5. The van der Waals surface area contributed by atoms with E-state index in [-0.39, 0.29) is 0 Å². The van der Waals surface area contributed by atoms with Crippen LogP contribution in [0.3, 0.4) is 0 Å². The monoisotopic (exact) mass is 166 g/mol. The molecule has 1 aromatic rings. The summed E-state index contributed by atoms with van der Waals surface area (Å²) in [5, 5.41) is 0. The summed E-state index contributed by atoms with van der Waals surface area (Å²) < 4.78 is 4.99.